The summed E-state index contributed by atoms with van der Waals surface area (Å²) < 4.78 is 5.63. The van der Waals surface area contributed by atoms with Crippen LogP contribution in [0, 0.1) is 0 Å². The summed E-state index contributed by atoms with van der Waals surface area (Å²) in [5, 5.41) is 19.1. The van der Waals surface area contributed by atoms with E-state index in [1.54, 1.807) is 56.4 Å². The molecule has 2 aromatic rings. The predicted octanol–water partition coefficient (Wildman–Crippen LogP) is 2.08. The summed E-state index contributed by atoms with van der Waals surface area (Å²) in [4.78, 5) is 18.2. The van der Waals surface area contributed by atoms with Gasteiger partial charge in [-0.3, -0.25) is 4.79 Å². The lowest BCUT2D eigenvalue weighted by Gasteiger charge is -2.25. The molecule has 2 N–H and O–H groups in total. The second-order valence-electron chi connectivity index (χ2n) is 5.71. The molecule has 6 nitrogen and oxygen atoms in total. The number of aromatic nitrogens is 1. The van der Waals surface area contributed by atoms with Gasteiger partial charge < -0.3 is 19.8 Å². The van der Waals surface area contributed by atoms with Crippen molar-refractivity contribution in [2.75, 3.05) is 13.1 Å². The number of hydrogen-bond donors (Lipinski definition) is 2. The minimum absolute atomic E-state index is 0.148. The number of carbonyl (C=O) groups is 1. The number of rotatable bonds is 7. The average molecular weight is 330 g/mol. The maximum Gasteiger partial charge on any atom is 0.254 e. The van der Waals surface area contributed by atoms with Gasteiger partial charge in [0.2, 0.25) is 5.88 Å². The Morgan fingerprint density at radius 2 is 1.83 bits per heavy atom. The van der Waals surface area contributed by atoms with E-state index in [-0.39, 0.29) is 19.0 Å². The molecule has 0 aliphatic carbocycles. The van der Waals surface area contributed by atoms with Crippen molar-refractivity contribution in [2.45, 2.75) is 26.1 Å². The van der Waals surface area contributed by atoms with Crippen LogP contribution in [0.3, 0.4) is 0 Å². The Morgan fingerprint density at radius 3 is 2.42 bits per heavy atom. The molecule has 0 aliphatic rings. The lowest BCUT2D eigenvalue weighted by Crippen LogP contribution is -2.40. The smallest absolute Gasteiger partial charge is 0.254 e. The SMILES string of the molecule is CC(O)CN(CC(C)O)C(=O)c1cccc(Oc2ccccn2)c1. The fourth-order valence-electron chi connectivity index (χ4n) is 2.28. The van der Waals surface area contributed by atoms with Gasteiger partial charge >= 0.3 is 0 Å². The molecule has 1 heterocycles. The number of aliphatic hydroxyl groups is 2. The maximum absolute atomic E-state index is 12.7. The van der Waals surface area contributed by atoms with Crippen molar-refractivity contribution in [3.63, 3.8) is 0 Å². The summed E-state index contributed by atoms with van der Waals surface area (Å²) in [6.07, 6.45) is 0.262. The van der Waals surface area contributed by atoms with Crippen molar-refractivity contribution >= 4 is 5.91 Å². The van der Waals surface area contributed by atoms with Gasteiger partial charge in [-0.1, -0.05) is 12.1 Å². The Kier molecular flexibility index (Phi) is 6.28. The topological polar surface area (TPSA) is 82.9 Å². The number of ether oxygens (including phenoxy) is 1. The second kappa shape index (κ2) is 8.42. The number of hydrogen-bond acceptors (Lipinski definition) is 5. The van der Waals surface area contributed by atoms with E-state index in [2.05, 4.69) is 4.98 Å². The van der Waals surface area contributed by atoms with Crippen molar-refractivity contribution in [1.82, 2.24) is 9.88 Å². The lowest BCUT2D eigenvalue weighted by atomic mass is 10.1. The summed E-state index contributed by atoms with van der Waals surface area (Å²) >= 11 is 0. The first-order chi connectivity index (χ1) is 11.5. The van der Waals surface area contributed by atoms with Gasteiger partial charge in [0, 0.05) is 30.9 Å². The van der Waals surface area contributed by atoms with Gasteiger partial charge in [-0.15, -0.1) is 0 Å². The minimum atomic E-state index is -0.680. The normalized spacial score (nSPS) is 13.2. The van der Waals surface area contributed by atoms with E-state index in [1.165, 1.54) is 4.90 Å². The van der Waals surface area contributed by atoms with Gasteiger partial charge in [-0.25, -0.2) is 4.98 Å². The number of carbonyl (C=O) groups excluding carboxylic acids is 1. The van der Waals surface area contributed by atoms with Crippen LogP contribution in [0.25, 0.3) is 0 Å². The number of nitrogens with zero attached hydrogens (tertiary/aromatic N) is 2. The molecule has 1 aromatic carbocycles. The molecule has 0 radical (unpaired) electrons. The Morgan fingerprint density at radius 1 is 1.12 bits per heavy atom. The maximum atomic E-state index is 12.7. The van der Waals surface area contributed by atoms with Gasteiger partial charge in [0.25, 0.3) is 5.91 Å². The van der Waals surface area contributed by atoms with Crippen LogP contribution < -0.4 is 4.74 Å². The third-order valence-electron chi connectivity index (χ3n) is 3.20. The monoisotopic (exact) mass is 330 g/mol. The van der Waals surface area contributed by atoms with Crippen LogP contribution in [0.15, 0.2) is 48.7 Å². The number of amides is 1. The van der Waals surface area contributed by atoms with E-state index >= 15 is 0 Å². The average Bonchev–Trinajstić information content (AvgIpc) is 2.54. The van der Waals surface area contributed by atoms with Gasteiger partial charge in [0.1, 0.15) is 5.75 Å². The zero-order valence-electron chi connectivity index (χ0n) is 13.8. The van der Waals surface area contributed by atoms with Crippen LogP contribution >= 0.6 is 0 Å². The Labute approximate surface area is 141 Å². The molecule has 128 valence electrons. The van der Waals surface area contributed by atoms with Gasteiger partial charge in [-0.2, -0.15) is 0 Å². The van der Waals surface area contributed by atoms with Crippen LogP contribution in [-0.2, 0) is 0 Å². The molecule has 0 spiro atoms. The fourth-order valence-corrected chi connectivity index (χ4v) is 2.28. The van der Waals surface area contributed by atoms with Crippen molar-refractivity contribution < 1.29 is 19.7 Å². The summed E-state index contributed by atoms with van der Waals surface area (Å²) in [7, 11) is 0. The molecule has 2 unspecified atom stereocenters. The van der Waals surface area contributed by atoms with Crippen molar-refractivity contribution in [1.29, 1.82) is 0 Å². The molecule has 0 aliphatic heterocycles. The van der Waals surface area contributed by atoms with E-state index in [4.69, 9.17) is 4.74 Å². The van der Waals surface area contributed by atoms with Crippen LogP contribution in [0.5, 0.6) is 11.6 Å². The van der Waals surface area contributed by atoms with Crippen LogP contribution in [-0.4, -0.2) is 51.3 Å². The predicted molar refractivity (Wildman–Crippen MR) is 90.0 cm³/mol. The second-order valence-corrected chi connectivity index (χ2v) is 5.71. The van der Waals surface area contributed by atoms with Crippen molar-refractivity contribution in [3.05, 3.63) is 54.2 Å². The number of pyridine rings is 1. The lowest BCUT2D eigenvalue weighted by molar-refractivity contribution is 0.0517. The summed E-state index contributed by atoms with van der Waals surface area (Å²) in [5.41, 5.74) is 0.421. The highest BCUT2D eigenvalue weighted by molar-refractivity contribution is 5.94. The number of aliphatic hydroxyl groups excluding tert-OH is 2. The highest BCUT2D eigenvalue weighted by Gasteiger charge is 2.19. The summed E-state index contributed by atoms with van der Waals surface area (Å²) in [6.45, 7) is 3.50. The Bertz CT molecular complexity index is 649. The summed E-state index contributed by atoms with van der Waals surface area (Å²) in [6, 6.07) is 12.1. The largest absolute Gasteiger partial charge is 0.439 e. The van der Waals surface area contributed by atoms with Gasteiger partial charge in [0.05, 0.1) is 12.2 Å². The van der Waals surface area contributed by atoms with E-state index in [0.29, 0.717) is 17.2 Å². The molecule has 0 saturated carbocycles. The van der Waals surface area contributed by atoms with Gasteiger partial charge in [-0.05, 0) is 38.1 Å². The molecule has 1 amide bonds. The first-order valence-corrected chi connectivity index (χ1v) is 7.80. The van der Waals surface area contributed by atoms with Crippen LogP contribution in [0.4, 0.5) is 0 Å². The van der Waals surface area contributed by atoms with Crippen LogP contribution in [0.2, 0.25) is 0 Å². The number of benzene rings is 1. The molecule has 0 saturated heterocycles. The molecule has 0 fully saturated rings. The first-order valence-electron chi connectivity index (χ1n) is 7.80. The molecule has 1 aromatic heterocycles. The fraction of sp³-hybridized carbons (Fsp3) is 0.333. The van der Waals surface area contributed by atoms with Crippen LogP contribution in [0.1, 0.15) is 24.2 Å². The third-order valence-corrected chi connectivity index (χ3v) is 3.20. The molecule has 6 heteroatoms. The molecular weight excluding hydrogens is 308 g/mol. The standard InChI is InChI=1S/C18H22N2O4/c1-13(21)11-20(12-14(2)22)18(23)15-6-5-7-16(10-15)24-17-8-3-4-9-19-17/h3-10,13-14,21-22H,11-12H2,1-2H3. The van der Waals surface area contributed by atoms with E-state index in [1.807, 2.05) is 6.07 Å². The van der Waals surface area contributed by atoms with E-state index in [9.17, 15) is 15.0 Å². The highest BCUT2D eigenvalue weighted by Crippen LogP contribution is 2.21. The molecule has 2 rings (SSSR count). The Balaban J connectivity index is 2.17. The first kappa shape index (κ1) is 17.9. The van der Waals surface area contributed by atoms with Crippen molar-refractivity contribution in [2.24, 2.45) is 0 Å². The Hall–Kier alpha value is -2.44. The minimum Gasteiger partial charge on any atom is -0.439 e. The molecular formula is C18H22N2O4. The highest BCUT2D eigenvalue weighted by atomic mass is 16.5. The molecule has 2 atom stereocenters. The quantitative estimate of drug-likeness (QED) is 0.812. The zero-order valence-corrected chi connectivity index (χ0v) is 13.8. The third kappa shape index (κ3) is 5.33. The van der Waals surface area contributed by atoms with E-state index in [0.717, 1.165) is 0 Å². The molecule has 0 bridgehead atoms. The van der Waals surface area contributed by atoms with E-state index < -0.39 is 12.2 Å². The van der Waals surface area contributed by atoms with Gasteiger partial charge in [0.15, 0.2) is 0 Å². The summed E-state index contributed by atoms with van der Waals surface area (Å²) in [5.74, 6) is 0.656. The molecule has 24 heavy (non-hydrogen) atoms. The van der Waals surface area contributed by atoms with Crippen molar-refractivity contribution in [3.8, 4) is 11.6 Å². The zero-order chi connectivity index (χ0) is 17.5.